The number of aliphatic imine (C=N–C) groups is 1. The second-order valence-electron chi connectivity index (χ2n) is 3.85. The maximum absolute atomic E-state index is 11.0. The molecule has 96 valence electrons. The Bertz CT molecular complexity index is 603. The number of ether oxygens (including phenoxy) is 1. The first-order chi connectivity index (χ1) is 9.20. The molecule has 0 aromatic heterocycles. The number of rotatable bonds is 4. The van der Waals surface area contributed by atoms with E-state index in [4.69, 9.17) is 9.84 Å². The van der Waals surface area contributed by atoms with Crippen LogP contribution >= 0.6 is 0 Å². The summed E-state index contributed by atoms with van der Waals surface area (Å²) in [4.78, 5) is 15.2. The molecule has 4 nitrogen and oxygen atoms in total. The van der Waals surface area contributed by atoms with Crippen LogP contribution in [0.25, 0.3) is 0 Å². The molecular formula is C15H13NO3. The summed E-state index contributed by atoms with van der Waals surface area (Å²) in [6, 6.07) is 14.0. The summed E-state index contributed by atoms with van der Waals surface area (Å²) in [5.41, 5.74) is 1.50. The van der Waals surface area contributed by atoms with Crippen molar-refractivity contribution in [2.24, 2.45) is 4.99 Å². The molecule has 2 aromatic rings. The highest BCUT2D eigenvalue weighted by molar-refractivity contribution is 5.95. The van der Waals surface area contributed by atoms with Gasteiger partial charge in [0.2, 0.25) is 0 Å². The molecule has 4 heteroatoms. The first kappa shape index (κ1) is 12.8. The van der Waals surface area contributed by atoms with E-state index >= 15 is 0 Å². The minimum atomic E-state index is -0.984. The highest BCUT2D eigenvalue weighted by Crippen LogP contribution is 2.18. The Morgan fingerprint density at radius 2 is 1.84 bits per heavy atom. The van der Waals surface area contributed by atoms with Crippen molar-refractivity contribution < 1.29 is 14.6 Å². The maximum Gasteiger partial charge on any atom is 0.337 e. The predicted octanol–water partition coefficient (Wildman–Crippen LogP) is 3.14. The molecule has 0 saturated heterocycles. The highest BCUT2D eigenvalue weighted by atomic mass is 16.5. The van der Waals surface area contributed by atoms with Gasteiger partial charge in [-0.3, -0.25) is 4.99 Å². The van der Waals surface area contributed by atoms with E-state index in [9.17, 15) is 4.79 Å². The average molecular weight is 255 g/mol. The van der Waals surface area contributed by atoms with Crippen LogP contribution < -0.4 is 4.74 Å². The molecule has 19 heavy (non-hydrogen) atoms. The Morgan fingerprint density at radius 3 is 2.47 bits per heavy atom. The molecule has 0 heterocycles. The van der Waals surface area contributed by atoms with Gasteiger partial charge in [0.05, 0.1) is 18.4 Å². The summed E-state index contributed by atoms with van der Waals surface area (Å²) in [6.45, 7) is 0. The monoisotopic (exact) mass is 255 g/mol. The SMILES string of the molecule is COc1ccc(C=Nc2ccccc2C(=O)O)cc1. The lowest BCUT2D eigenvalue weighted by Crippen LogP contribution is -1.96. The fourth-order valence-electron chi connectivity index (χ4n) is 1.60. The number of benzene rings is 2. The van der Waals surface area contributed by atoms with Crippen LogP contribution in [0.15, 0.2) is 53.5 Å². The summed E-state index contributed by atoms with van der Waals surface area (Å²) in [7, 11) is 1.60. The van der Waals surface area contributed by atoms with E-state index in [2.05, 4.69) is 4.99 Å². The molecule has 2 aromatic carbocycles. The summed E-state index contributed by atoms with van der Waals surface area (Å²) in [5, 5.41) is 9.04. The van der Waals surface area contributed by atoms with Gasteiger partial charge < -0.3 is 9.84 Å². The maximum atomic E-state index is 11.0. The average Bonchev–Trinajstić information content (AvgIpc) is 2.46. The van der Waals surface area contributed by atoms with E-state index in [1.165, 1.54) is 6.07 Å². The zero-order valence-corrected chi connectivity index (χ0v) is 10.4. The molecule has 0 saturated carbocycles. The molecule has 0 spiro atoms. The number of hydrogen-bond acceptors (Lipinski definition) is 3. The van der Waals surface area contributed by atoms with Crippen LogP contribution in [0.1, 0.15) is 15.9 Å². The first-order valence-corrected chi connectivity index (χ1v) is 5.71. The number of carboxylic acid groups (broad SMARTS) is 1. The molecule has 0 atom stereocenters. The van der Waals surface area contributed by atoms with Crippen LogP contribution in [0, 0.1) is 0 Å². The van der Waals surface area contributed by atoms with Crippen LogP contribution in [0.5, 0.6) is 5.75 Å². The molecule has 0 amide bonds. The molecule has 0 aliphatic carbocycles. The van der Waals surface area contributed by atoms with Crippen LogP contribution in [0.3, 0.4) is 0 Å². The lowest BCUT2D eigenvalue weighted by molar-refractivity contribution is 0.0698. The Hall–Kier alpha value is -2.62. The van der Waals surface area contributed by atoms with Gasteiger partial charge in [0.25, 0.3) is 0 Å². The van der Waals surface area contributed by atoms with Gasteiger partial charge in [0.15, 0.2) is 0 Å². The van der Waals surface area contributed by atoms with Gasteiger partial charge in [-0.05, 0) is 42.0 Å². The normalized spacial score (nSPS) is 10.6. The van der Waals surface area contributed by atoms with E-state index in [-0.39, 0.29) is 5.56 Å². The number of aromatic carboxylic acids is 1. The zero-order chi connectivity index (χ0) is 13.7. The topological polar surface area (TPSA) is 58.9 Å². The van der Waals surface area contributed by atoms with E-state index in [0.717, 1.165) is 11.3 Å². The first-order valence-electron chi connectivity index (χ1n) is 5.71. The number of methoxy groups -OCH3 is 1. The summed E-state index contributed by atoms with van der Waals surface area (Å²) >= 11 is 0. The largest absolute Gasteiger partial charge is 0.497 e. The number of para-hydroxylation sites is 1. The second kappa shape index (κ2) is 5.82. The Balaban J connectivity index is 2.24. The number of carboxylic acids is 1. The van der Waals surface area contributed by atoms with Crippen LogP contribution in [-0.2, 0) is 0 Å². The van der Waals surface area contributed by atoms with Gasteiger partial charge in [-0.1, -0.05) is 12.1 Å². The lowest BCUT2D eigenvalue weighted by Gasteiger charge is -2.01. The predicted molar refractivity (Wildman–Crippen MR) is 73.6 cm³/mol. The van der Waals surface area contributed by atoms with Crippen molar-refractivity contribution in [1.82, 2.24) is 0 Å². The van der Waals surface area contributed by atoms with Gasteiger partial charge in [-0.2, -0.15) is 0 Å². The number of nitrogens with zero attached hydrogens (tertiary/aromatic N) is 1. The summed E-state index contributed by atoms with van der Waals surface area (Å²) < 4.78 is 5.06. The third kappa shape index (κ3) is 3.19. The molecule has 0 aliphatic heterocycles. The minimum absolute atomic E-state index is 0.187. The number of carbonyl (C=O) groups is 1. The fourth-order valence-corrected chi connectivity index (χ4v) is 1.60. The van der Waals surface area contributed by atoms with E-state index in [1.54, 1.807) is 31.5 Å². The van der Waals surface area contributed by atoms with Crippen molar-refractivity contribution in [3.05, 3.63) is 59.7 Å². The fraction of sp³-hybridized carbons (Fsp3) is 0.0667. The van der Waals surface area contributed by atoms with Crippen molar-refractivity contribution >= 4 is 17.9 Å². The quantitative estimate of drug-likeness (QED) is 0.854. The van der Waals surface area contributed by atoms with E-state index < -0.39 is 5.97 Å². The minimum Gasteiger partial charge on any atom is -0.497 e. The van der Waals surface area contributed by atoms with Gasteiger partial charge in [0, 0.05) is 6.21 Å². The summed E-state index contributed by atoms with van der Waals surface area (Å²) in [5.74, 6) is -0.217. The standard InChI is InChI=1S/C15H13NO3/c1-19-12-8-6-11(7-9-12)10-16-14-5-3-2-4-13(14)15(17)18/h2-10H,1H3,(H,17,18). The second-order valence-corrected chi connectivity index (χ2v) is 3.85. The zero-order valence-electron chi connectivity index (χ0n) is 10.4. The lowest BCUT2D eigenvalue weighted by atomic mass is 10.2. The summed E-state index contributed by atoms with van der Waals surface area (Å²) in [6.07, 6.45) is 1.63. The smallest absolute Gasteiger partial charge is 0.337 e. The molecule has 0 fully saturated rings. The van der Waals surface area contributed by atoms with Crippen LogP contribution in [-0.4, -0.2) is 24.4 Å². The van der Waals surface area contributed by atoms with Crippen molar-refractivity contribution in [3.63, 3.8) is 0 Å². The molecule has 0 unspecified atom stereocenters. The van der Waals surface area contributed by atoms with Gasteiger partial charge in [-0.25, -0.2) is 4.79 Å². The van der Waals surface area contributed by atoms with Gasteiger partial charge in [-0.15, -0.1) is 0 Å². The molecule has 2 rings (SSSR count). The van der Waals surface area contributed by atoms with Crippen LogP contribution in [0.2, 0.25) is 0 Å². The molecule has 0 aliphatic rings. The molecule has 0 bridgehead atoms. The highest BCUT2D eigenvalue weighted by Gasteiger charge is 2.06. The van der Waals surface area contributed by atoms with Gasteiger partial charge in [0.1, 0.15) is 5.75 Å². The molecule has 1 N–H and O–H groups in total. The van der Waals surface area contributed by atoms with Crippen molar-refractivity contribution in [3.8, 4) is 5.75 Å². The van der Waals surface area contributed by atoms with Crippen LogP contribution in [0.4, 0.5) is 5.69 Å². The van der Waals surface area contributed by atoms with Crippen molar-refractivity contribution in [2.45, 2.75) is 0 Å². The van der Waals surface area contributed by atoms with Crippen molar-refractivity contribution in [2.75, 3.05) is 7.11 Å². The third-order valence-electron chi connectivity index (χ3n) is 2.60. The Labute approximate surface area is 111 Å². The number of hydrogen-bond donors (Lipinski definition) is 1. The molecule has 0 radical (unpaired) electrons. The van der Waals surface area contributed by atoms with Crippen molar-refractivity contribution in [1.29, 1.82) is 0 Å². The van der Waals surface area contributed by atoms with Gasteiger partial charge >= 0.3 is 5.97 Å². The third-order valence-corrected chi connectivity index (χ3v) is 2.60. The molecular weight excluding hydrogens is 242 g/mol. The Kier molecular flexibility index (Phi) is 3.93. The Morgan fingerprint density at radius 1 is 1.16 bits per heavy atom. The van der Waals surface area contributed by atoms with E-state index in [1.807, 2.05) is 24.3 Å². The van der Waals surface area contributed by atoms with E-state index in [0.29, 0.717) is 5.69 Å².